The van der Waals surface area contributed by atoms with Gasteiger partial charge in [0.15, 0.2) is 0 Å². The van der Waals surface area contributed by atoms with Gasteiger partial charge >= 0.3 is 0 Å². The molecule has 4 heteroatoms. The lowest BCUT2D eigenvalue weighted by atomic mass is 10.2. The van der Waals surface area contributed by atoms with E-state index in [1.807, 2.05) is 42.7 Å². The van der Waals surface area contributed by atoms with Crippen molar-refractivity contribution < 1.29 is 0 Å². The van der Waals surface area contributed by atoms with Crippen LogP contribution in [0.3, 0.4) is 0 Å². The van der Waals surface area contributed by atoms with Crippen LogP contribution in [0.2, 0.25) is 5.02 Å². The number of hydrogen-bond donors (Lipinski definition) is 0. The van der Waals surface area contributed by atoms with Crippen LogP contribution in [0, 0.1) is 0 Å². The first-order valence-electron chi connectivity index (χ1n) is 7.07. The van der Waals surface area contributed by atoms with Gasteiger partial charge in [-0.25, -0.2) is 0 Å². The van der Waals surface area contributed by atoms with E-state index < -0.39 is 0 Å². The Bertz CT molecular complexity index is 948. The highest BCUT2D eigenvalue weighted by atomic mass is 35.5. The first kappa shape index (κ1) is 13.2. The largest absolute Gasteiger partial charge is 0.349 e. The van der Waals surface area contributed by atoms with E-state index in [0.29, 0.717) is 0 Å². The van der Waals surface area contributed by atoms with Gasteiger partial charge in [-0.1, -0.05) is 11.6 Å². The molecule has 0 bridgehead atoms. The second-order valence-corrected chi connectivity index (χ2v) is 5.72. The highest BCUT2D eigenvalue weighted by molar-refractivity contribution is 6.30. The predicted molar refractivity (Wildman–Crippen MR) is 90.5 cm³/mol. The fourth-order valence-corrected chi connectivity index (χ4v) is 2.96. The predicted octanol–water partition coefficient (Wildman–Crippen LogP) is 4.68. The summed E-state index contributed by atoms with van der Waals surface area (Å²) < 4.78 is 4.34. The number of benzene rings is 1. The number of fused-ring (bicyclic) bond motifs is 1. The number of aromatic nitrogens is 3. The number of halogens is 1. The van der Waals surface area contributed by atoms with Crippen molar-refractivity contribution >= 4 is 22.5 Å². The molecule has 4 aromatic rings. The molecule has 0 N–H and O–H groups in total. The Labute approximate surface area is 133 Å². The summed E-state index contributed by atoms with van der Waals surface area (Å²) in [7, 11) is 2.05. The fraction of sp³-hybridized carbons (Fsp3) is 0.0556. The summed E-state index contributed by atoms with van der Waals surface area (Å²) in [5.74, 6) is 0. The van der Waals surface area contributed by atoms with Crippen molar-refractivity contribution in [3.8, 4) is 17.1 Å². The first-order valence-corrected chi connectivity index (χ1v) is 7.45. The normalized spacial score (nSPS) is 11.2. The summed E-state index contributed by atoms with van der Waals surface area (Å²) in [6, 6.07) is 16.3. The molecule has 4 rings (SSSR count). The Balaban J connectivity index is 2.06. The molecule has 0 unspecified atom stereocenters. The summed E-state index contributed by atoms with van der Waals surface area (Å²) in [4.78, 5) is 4.28. The molecule has 0 spiro atoms. The number of nitrogens with zero attached hydrogens (tertiary/aromatic N) is 3. The van der Waals surface area contributed by atoms with Crippen molar-refractivity contribution in [2.45, 2.75) is 0 Å². The molecule has 0 fully saturated rings. The third kappa shape index (κ3) is 2.02. The van der Waals surface area contributed by atoms with Crippen LogP contribution < -0.4 is 0 Å². The van der Waals surface area contributed by atoms with Gasteiger partial charge in [0.1, 0.15) is 0 Å². The molecule has 1 aromatic carbocycles. The van der Waals surface area contributed by atoms with Gasteiger partial charge in [-0.2, -0.15) is 0 Å². The van der Waals surface area contributed by atoms with Crippen LogP contribution in [0.5, 0.6) is 0 Å². The van der Waals surface area contributed by atoms with Crippen LogP contribution in [-0.2, 0) is 7.05 Å². The highest BCUT2D eigenvalue weighted by Crippen LogP contribution is 2.31. The van der Waals surface area contributed by atoms with Crippen molar-refractivity contribution in [1.82, 2.24) is 14.1 Å². The van der Waals surface area contributed by atoms with Crippen LogP contribution in [0.15, 0.2) is 67.1 Å². The lowest BCUT2D eigenvalue weighted by Crippen LogP contribution is -1.99. The molecule has 0 aliphatic rings. The van der Waals surface area contributed by atoms with E-state index in [1.165, 1.54) is 5.39 Å². The third-order valence-electron chi connectivity index (χ3n) is 3.90. The van der Waals surface area contributed by atoms with Gasteiger partial charge in [-0.3, -0.25) is 4.98 Å². The molecular formula is C18H14ClN3. The smallest absolute Gasteiger partial charge is 0.0719 e. The molecule has 108 valence electrons. The van der Waals surface area contributed by atoms with Crippen LogP contribution in [-0.4, -0.2) is 14.1 Å². The average Bonchev–Trinajstić information content (AvgIpc) is 3.11. The molecule has 0 amide bonds. The summed E-state index contributed by atoms with van der Waals surface area (Å²) >= 11 is 6.03. The van der Waals surface area contributed by atoms with Crippen molar-refractivity contribution in [2.75, 3.05) is 0 Å². The maximum atomic E-state index is 6.03. The number of rotatable bonds is 2. The van der Waals surface area contributed by atoms with Crippen LogP contribution in [0.4, 0.5) is 0 Å². The minimum atomic E-state index is 0.735. The Morgan fingerprint density at radius 2 is 1.82 bits per heavy atom. The number of pyridine rings is 1. The van der Waals surface area contributed by atoms with Crippen molar-refractivity contribution in [1.29, 1.82) is 0 Å². The van der Waals surface area contributed by atoms with Gasteiger partial charge in [-0.15, -0.1) is 0 Å². The zero-order valence-electron chi connectivity index (χ0n) is 12.1. The molecule has 0 saturated carbocycles. The third-order valence-corrected chi connectivity index (χ3v) is 4.15. The maximum Gasteiger partial charge on any atom is 0.0719 e. The second-order valence-electron chi connectivity index (χ2n) is 5.28. The van der Waals surface area contributed by atoms with Gasteiger partial charge < -0.3 is 9.13 Å². The zero-order chi connectivity index (χ0) is 15.1. The van der Waals surface area contributed by atoms with Gasteiger partial charge in [0.25, 0.3) is 0 Å². The fourth-order valence-electron chi connectivity index (χ4n) is 2.83. The Morgan fingerprint density at radius 3 is 2.55 bits per heavy atom. The van der Waals surface area contributed by atoms with E-state index in [4.69, 9.17) is 11.6 Å². The SMILES string of the molecule is Cn1cccc1-c1cc2ccncc2n1-c1ccc(Cl)cc1. The van der Waals surface area contributed by atoms with E-state index in [2.05, 4.69) is 45.6 Å². The minimum Gasteiger partial charge on any atom is -0.349 e. The molecule has 0 aliphatic heterocycles. The average molecular weight is 308 g/mol. The lowest BCUT2D eigenvalue weighted by molar-refractivity contribution is 0.924. The minimum absolute atomic E-state index is 0.735. The molecular weight excluding hydrogens is 294 g/mol. The molecule has 3 aromatic heterocycles. The molecule has 0 radical (unpaired) electrons. The van der Waals surface area contributed by atoms with Crippen molar-refractivity contribution in [3.63, 3.8) is 0 Å². The first-order chi connectivity index (χ1) is 10.7. The van der Waals surface area contributed by atoms with E-state index >= 15 is 0 Å². The van der Waals surface area contributed by atoms with E-state index in [0.717, 1.165) is 27.6 Å². The standard InChI is InChI=1S/C18H14ClN3/c1-21-10-2-3-16(21)17-11-13-8-9-20-12-18(13)22(17)15-6-4-14(19)5-7-15/h2-12H,1H3. The monoisotopic (exact) mass is 307 g/mol. The zero-order valence-corrected chi connectivity index (χ0v) is 12.8. The molecule has 0 aliphatic carbocycles. The van der Waals surface area contributed by atoms with Crippen molar-refractivity contribution in [3.05, 3.63) is 72.1 Å². The Hall–Kier alpha value is -2.52. The number of aryl methyl sites for hydroxylation is 1. The molecule has 3 heterocycles. The van der Waals surface area contributed by atoms with Crippen LogP contribution in [0.25, 0.3) is 28.0 Å². The summed E-state index contributed by atoms with van der Waals surface area (Å²) in [5.41, 5.74) is 4.45. The van der Waals surface area contributed by atoms with E-state index in [1.54, 1.807) is 0 Å². The quantitative estimate of drug-likeness (QED) is 0.527. The maximum absolute atomic E-state index is 6.03. The van der Waals surface area contributed by atoms with Gasteiger partial charge in [0.05, 0.1) is 23.1 Å². The van der Waals surface area contributed by atoms with Crippen LogP contribution >= 0.6 is 11.6 Å². The molecule has 22 heavy (non-hydrogen) atoms. The summed E-state index contributed by atoms with van der Waals surface area (Å²) in [6.07, 6.45) is 5.77. The van der Waals surface area contributed by atoms with Gasteiger partial charge in [-0.05, 0) is 48.5 Å². The van der Waals surface area contributed by atoms with E-state index in [9.17, 15) is 0 Å². The molecule has 0 atom stereocenters. The highest BCUT2D eigenvalue weighted by Gasteiger charge is 2.14. The van der Waals surface area contributed by atoms with E-state index in [-0.39, 0.29) is 0 Å². The Morgan fingerprint density at radius 1 is 1.00 bits per heavy atom. The lowest BCUT2D eigenvalue weighted by Gasteiger charge is -2.11. The Kier molecular flexibility index (Phi) is 3.01. The van der Waals surface area contributed by atoms with Gasteiger partial charge in [0.2, 0.25) is 0 Å². The summed E-state index contributed by atoms with van der Waals surface area (Å²) in [6.45, 7) is 0. The van der Waals surface area contributed by atoms with Crippen molar-refractivity contribution in [2.24, 2.45) is 7.05 Å². The number of hydrogen-bond acceptors (Lipinski definition) is 1. The molecule has 3 nitrogen and oxygen atoms in total. The second kappa shape index (κ2) is 5.04. The van der Waals surface area contributed by atoms with Gasteiger partial charge in [0, 0.05) is 35.5 Å². The van der Waals surface area contributed by atoms with Crippen LogP contribution in [0.1, 0.15) is 0 Å². The molecule has 0 saturated heterocycles. The summed E-state index contributed by atoms with van der Waals surface area (Å²) in [5, 5.41) is 1.90. The topological polar surface area (TPSA) is 22.8 Å².